The number of halogens is 2. The SMILES string of the molecule is C1CCNC1.[Cl-].[Cl-].[Cr+2][C]1=CC=CC1. The van der Waals surface area contributed by atoms with Crippen molar-refractivity contribution in [3.8, 4) is 0 Å². The van der Waals surface area contributed by atoms with E-state index in [0.29, 0.717) is 0 Å². The van der Waals surface area contributed by atoms with Crippen LogP contribution in [0.4, 0.5) is 0 Å². The van der Waals surface area contributed by atoms with Gasteiger partial charge in [-0.25, -0.2) is 0 Å². The van der Waals surface area contributed by atoms with E-state index in [1.165, 1.54) is 30.4 Å². The van der Waals surface area contributed by atoms with Crippen molar-refractivity contribution in [3.05, 3.63) is 22.7 Å². The van der Waals surface area contributed by atoms with Gasteiger partial charge in [0.1, 0.15) is 0 Å². The number of allylic oxidation sites excluding steroid dienone is 4. The fraction of sp³-hybridized carbons (Fsp3) is 0.556. The number of hydrogen-bond acceptors (Lipinski definition) is 1. The molecule has 1 nitrogen and oxygen atoms in total. The molecule has 1 saturated heterocycles. The van der Waals surface area contributed by atoms with Crippen molar-refractivity contribution in [2.45, 2.75) is 19.3 Å². The van der Waals surface area contributed by atoms with Crippen LogP contribution in [0, 0.1) is 0 Å². The van der Waals surface area contributed by atoms with Gasteiger partial charge in [0.2, 0.25) is 0 Å². The van der Waals surface area contributed by atoms with Crippen LogP contribution in [0.2, 0.25) is 0 Å². The minimum absolute atomic E-state index is 0. The van der Waals surface area contributed by atoms with Crippen LogP contribution in [0.15, 0.2) is 22.7 Å². The molecule has 0 aromatic carbocycles. The summed E-state index contributed by atoms with van der Waals surface area (Å²) in [5.41, 5.74) is 0. The molecule has 13 heavy (non-hydrogen) atoms. The monoisotopic (exact) mass is 258 g/mol. The van der Waals surface area contributed by atoms with Crippen LogP contribution < -0.4 is 30.1 Å². The maximum absolute atomic E-state index is 3.22. The van der Waals surface area contributed by atoms with Crippen molar-refractivity contribution in [2.24, 2.45) is 0 Å². The van der Waals surface area contributed by atoms with Crippen molar-refractivity contribution >= 4 is 0 Å². The van der Waals surface area contributed by atoms with Crippen LogP contribution in [-0.2, 0) is 16.3 Å². The molecule has 0 saturated carbocycles. The van der Waals surface area contributed by atoms with Gasteiger partial charge in [-0.3, -0.25) is 0 Å². The average molecular weight is 259 g/mol. The third-order valence-electron chi connectivity index (χ3n) is 1.69. The van der Waals surface area contributed by atoms with Crippen LogP contribution >= 0.6 is 0 Å². The summed E-state index contributed by atoms with van der Waals surface area (Å²) < 4.78 is 1.34. The van der Waals surface area contributed by atoms with Gasteiger partial charge >= 0.3 is 45.4 Å². The van der Waals surface area contributed by atoms with E-state index in [9.17, 15) is 0 Å². The molecule has 1 fully saturated rings. The molecule has 2 aliphatic rings. The maximum atomic E-state index is 3.22. The molecule has 1 aliphatic carbocycles. The van der Waals surface area contributed by atoms with Gasteiger partial charge in [-0.15, -0.1) is 0 Å². The van der Waals surface area contributed by atoms with Crippen LogP contribution in [0.5, 0.6) is 0 Å². The Labute approximate surface area is 101 Å². The molecule has 0 aromatic rings. The second kappa shape index (κ2) is 10.6. The predicted octanol–water partition coefficient (Wildman–Crippen LogP) is -4.25. The molecule has 1 N–H and O–H groups in total. The average Bonchev–Trinajstić information content (AvgIpc) is 2.57. The third kappa shape index (κ3) is 8.87. The summed E-state index contributed by atoms with van der Waals surface area (Å²) in [5, 5.41) is 3.22. The van der Waals surface area contributed by atoms with Crippen LogP contribution in [0.1, 0.15) is 19.3 Å². The Morgan fingerprint density at radius 3 is 1.92 bits per heavy atom. The Hall–Kier alpha value is 0.552. The molecule has 0 spiro atoms. The normalized spacial score (nSPS) is 17.6. The number of rotatable bonds is 0. The van der Waals surface area contributed by atoms with Crippen molar-refractivity contribution in [3.63, 3.8) is 0 Å². The Kier molecular flexibility index (Phi) is 13.1. The van der Waals surface area contributed by atoms with Crippen LogP contribution in [0.25, 0.3) is 0 Å². The molecular formula is C9H14Cl2CrN. The van der Waals surface area contributed by atoms with E-state index in [1.807, 2.05) is 0 Å². The first kappa shape index (κ1) is 16.0. The summed E-state index contributed by atoms with van der Waals surface area (Å²) in [6.45, 7) is 2.50. The molecule has 1 heterocycles. The fourth-order valence-corrected chi connectivity index (χ4v) is 1.33. The minimum atomic E-state index is 0. The molecule has 0 bridgehead atoms. The van der Waals surface area contributed by atoms with Gasteiger partial charge in [-0.2, -0.15) is 0 Å². The molecule has 1 aliphatic heterocycles. The summed E-state index contributed by atoms with van der Waals surface area (Å²) >= 11 is 2.94. The van der Waals surface area contributed by atoms with E-state index >= 15 is 0 Å². The molecule has 0 radical (unpaired) electrons. The molecule has 0 aromatic heterocycles. The Morgan fingerprint density at radius 2 is 1.77 bits per heavy atom. The molecule has 75 valence electrons. The fourth-order valence-electron chi connectivity index (χ4n) is 1.05. The predicted molar refractivity (Wildman–Crippen MR) is 43.9 cm³/mol. The Bertz CT molecular complexity index is 157. The van der Waals surface area contributed by atoms with Gasteiger partial charge in [0, 0.05) is 0 Å². The quantitative estimate of drug-likeness (QED) is 0.465. The second-order valence-corrected chi connectivity index (χ2v) is 3.54. The van der Waals surface area contributed by atoms with Gasteiger partial charge in [0.15, 0.2) is 0 Å². The first-order valence-corrected chi connectivity index (χ1v) is 4.77. The van der Waals surface area contributed by atoms with Crippen molar-refractivity contribution in [2.75, 3.05) is 13.1 Å². The van der Waals surface area contributed by atoms with E-state index in [0.717, 1.165) is 6.42 Å². The summed E-state index contributed by atoms with van der Waals surface area (Å²) in [5.74, 6) is 0. The van der Waals surface area contributed by atoms with Gasteiger partial charge in [-0.1, -0.05) is 0 Å². The van der Waals surface area contributed by atoms with Crippen molar-refractivity contribution in [1.29, 1.82) is 0 Å². The first-order chi connectivity index (χ1) is 5.39. The second-order valence-electron chi connectivity index (χ2n) is 2.72. The molecule has 0 atom stereocenters. The summed E-state index contributed by atoms with van der Waals surface area (Å²) in [7, 11) is 0. The van der Waals surface area contributed by atoms with Gasteiger partial charge in [0.05, 0.1) is 0 Å². The summed E-state index contributed by atoms with van der Waals surface area (Å²) in [6.07, 6.45) is 10.2. The van der Waals surface area contributed by atoms with Gasteiger partial charge < -0.3 is 30.1 Å². The third-order valence-corrected chi connectivity index (χ3v) is 2.17. The van der Waals surface area contributed by atoms with Crippen LogP contribution in [0.3, 0.4) is 0 Å². The first-order valence-electron chi connectivity index (χ1n) is 4.13. The van der Waals surface area contributed by atoms with E-state index < -0.39 is 0 Å². The standard InChI is InChI=1S/C5H5.C4H9N.2ClH.Cr/c2*1-2-4-5-3-1;;;/h1-3H,4H2;5H,1-4H2;2*1H;/q;;;;+2/p-2. The number of nitrogens with one attached hydrogen (secondary N) is 1. The van der Waals surface area contributed by atoms with Gasteiger partial charge in [0.25, 0.3) is 0 Å². The molecule has 2 rings (SSSR count). The zero-order chi connectivity index (χ0) is 7.94. The van der Waals surface area contributed by atoms with Crippen LogP contribution in [-0.4, -0.2) is 13.1 Å². The summed E-state index contributed by atoms with van der Waals surface area (Å²) in [4.78, 5) is 0. The molecule has 0 unspecified atom stereocenters. The van der Waals surface area contributed by atoms with E-state index in [-0.39, 0.29) is 24.8 Å². The van der Waals surface area contributed by atoms with E-state index in [4.69, 9.17) is 0 Å². The van der Waals surface area contributed by atoms with E-state index in [1.54, 1.807) is 0 Å². The Morgan fingerprint density at radius 1 is 1.15 bits per heavy atom. The van der Waals surface area contributed by atoms with Crippen molar-refractivity contribution < 1.29 is 41.1 Å². The number of hydrogen-bond donors (Lipinski definition) is 1. The zero-order valence-corrected chi connectivity index (χ0v) is 10.2. The molecule has 0 amide bonds. The molecular weight excluding hydrogens is 245 g/mol. The summed E-state index contributed by atoms with van der Waals surface area (Å²) in [6, 6.07) is 0. The zero-order valence-electron chi connectivity index (χ0n) is 7.43. The van der Waals surface area contributed by atoms with Crippen molar-refractivity contribution in [1.82, 2.24) is 5.32 Å². The topological polar surface area (TPSA) is 12.0 Å². The Balaban J connectivity index is 0. The van der Waals surface area contributed by atoms with E-state index in [2.05, 4.69) is 39.8 Å². The van der Waals surface area contributed by atoms with Gasteiger partial charge in [-0.05, 0) is 25.9 Å². The molecule has 4 heteroatoms.